The number of benzene rings is 1. The summed E-state index contributed by atoms with van der Waals surface area (Å²) in [5, 5.41) is 1.44. The van der Waals surface area contributed by atoms with E-state index in [-0.39, 0.29) is 5.91 Å². The molecule has 23 heavy (non-hydrogen) atoms. The van der Waals surface area contributed by atoms with Crippen molar-refractivity contribution in [2.45, 2.75) is 26.9 Å². The molecule has 0 bridgehead atoms. The fourth-order valence-corrected chi connectivity index (χ4v) is 2.69. The topological polar surface area (TPSA) is 46.3 Å². The van der Waals surface area contributed by atoms with Crippen LogP contribution in [-0.2, 0) is 17.9 Å². The summed E-state index contributed by atoms with van der Waals surface area (Å²) < 4.78 is 5.32. The van der Waals surface area contributed by atoms with Gasteiger partial charge in [0.05, 0.1) is 18.3 Å². The third-order valence-electron chi connectivity index (χ3n) is 3.73. The molecule has 3 rings (SSSR count). The summed E-state index contributed by atoms with van der Waals surface area (Å²) in [6.07, 6.45) is 1.60. The zero-order chi connectivity index (χ0) is 16.4. The van der Waals surface area contributed by atoms with Crippen LogP contribution < -0.4 is 0 Å². The lowest BCUT2D eigenvalue weighted by Crippen LogP contribution is -2.27. The van der Waals surface area contributed by atoms with Gasteiger partial charge in [0, 0.05) is 24.4 Å². The van der Waals surface area contributed by atoms with E-state index in [4.69, 9.17) is 16.0 Å². The maximum atomic E-state index is 11.9. The van der Waals surface area contributed by atoms with Crippen molar-refractivity contribution in [2.75, 3.05) is 0 Å². The summed E-state index contributed by atoms with van der Waals surface area (Å²) in [4.78, 5) is 18.0. The van der Waals surface area contributed by atoms with Crippen molar-refractivity contribution in [1.29, 1.82) is 0 Å². The Morgan fingerprint density at radius 3 is 2.78 bits per heavy atom. The lowest BCUT2D eigenvalue weighted by molar-refractivity contribution is -0.130. The zero-order valence-corrected chi connectivity index (χ0v) is 13.8. The molecule has 3 aromatic rings. The van der Waals surface area contributed by atoms with Gasteiger partial charge in [-0.25, -0.2) is 4.98 Å². The van der Waals surface area contributed by atoms with Gasteiger partial charge in [-0.05, 0) is 36.8 Å². The van der Waals surface area contributed by atoms with E-state index in [9.17, 15) is 4.79 Å². The molecule has 2 aromatic heterocycles. The molecule has 0 aliphatic rings. The van der Waals surface area contributed by atoms with Crippen molar-refractivity contribution in [1.82, 2.24) is 9.88 Å². The second-order valence-electron chi connectivity index (χ2n) is 5.59. The number of furan rings is 1. The van der Waals surface area contributed by atoms with Crippen LogP contribution >= 0.6 is 11.6 Å². The van der Waals surface area contributed by atoms with E-state index in [2.05, 4.69) is 4.98 Å². The number of aryl methyl sites for hydroxylation is 1. The molecule has 0 aliphatic carbocycles. The molecule has 0 aliphatic heterocycles. The molecule has 1 amide bonds. The molecule has 0 spiro atoms. The summed E-state index contributed by atoms with van der Waals surface area (Å²) in [6.45, 7) is 4.36. The van der Waals surface area contributed by atoms with Gasteiger partial charge in [-0.1, -0.05) is 23.7 Å². The fourth-order valence-electron chi connectivity index (χ4n) is 2.48. The predicted molar refractivity (Wildman–Crippen MR) is 90.1 cm³/mol. The smallest absolute Gasteiger partial charge is 0.220 e. The lowest BCUT2D eigenvalue weighted by Gasteiger charge is -2.20. The first kappa shape index (κ1) is 15.6. The number of aromatic nitrogens is 1. The standard InChI is InChI=1S/C18H17ClN2O2/c1-12-5-6-14-9-15(18(19)20-17(14)8-12)10-21(13(2)22)11-16-4-3-7-23-16/h3-9H,10-11H2,1-2H3. The minimum absolute atomic E-state index is 0.0403. The maximum Gasteiger partial charge on any atom is 0.220 e. The highest BCUT2D eigenvalue weighted by molar-refractivity contribution is 6.30. The van der Waals surface area contributed by atoms with Crippen molar-refractivity contribution < 1.29 is 9.21 Å². The number of hydrogen-bond donors (Lipinski definition) is 0. The second-order valence-corrected chi connectivity index (χ2v) is 5.95. The molecule has 0 saturated carbocycles. The fraction of sp³-hybridized carbons (Fsp3) is 0.222. The van der Waals surface area contributed by atoms with Crippen LogP contribution in [0.15, 0.2) is 47.1 Å². The third-order valence-corrected chi connectivity index (χ3v) is 4.06. The van der Waals surface area contributed by atoms with Crippen LogP contribution in [0, 0.1) is 6.92 Å². The number of pyridine rings is 1. The van der Waals surface area contributed by atoms with E-state index >= 15 is 0 Å². The normalized spacial score (nSPS) is 10.9. The number of fused-ring (bicyclic) bond motifs is 1. The molecule has 1 aromatic carbocycles. The van der Waals surface area contributed by atoms with Gasteiger partial charge in [-0.15, -0.1) is 0 Å². The van der Waals surface area contributed by atoms with E-state index in [1.54, 1.807) is 17.2 Å². The summed E-state index contributed by atoms with van der Waals surface area (Å²) in [6, 6.07) is 11.7. The minimum atomic E-state index is -0.0403. The average Bonchev–Trinajstić information content (AvgIpc) is 3.00. The van der Waals surface area contributed by atoms with Crippen LogP contribution in [0.1, 0.15) is 23.8 Å². The Kier molecular flexibility index (Phi) is 4.35. The molecule has 0 unspecified atom stereocenters. The van der Waals surface area contributed by atoms with E-state index in [0.29, 0.717) is 18.2 Å². The maximum absolute atomic E-state index is 11.9. The number of amides is 1. The molecular formula is C18H17ClN2O2. The first-order valence-corrected chi connectivity index (χ1v) is 7.74. The molecule has 4 nitrogen and oxygen atoms in total. The summed E-state index contributed by atoms with van der Waals surface area (Å²) >= 11 is 6.31. The van der Waals surface area contributed by atoms with E-state index in [1.807, 2.05) is 37.3 Å². The number of carbonyl (C=O) groups excluding carboxylic acids is 1. The summed E-state index contributed by atoms with van der Waals surface area (Å²) in [5.41, 5.74) is 2.82. The Morgan fingerprint density at radius 2 is 2.09 bits per heavy atom. The van der Waals surface area contributed by atoms with E-state index < -0.39 is 0 Å². The third kappa shape index (κ3) is 3.54. The molecule has 118 valence electrons. The summed E-state index contributed by atoms with van der Waals surface area (Å²) in [7, 11) is 0. The average molecular weight is 329 g/mol. The second kappa shape index (κ2) is 6.42. The number of halogens is 1. The van der Waals surface area contributed by atoms with Crippen LogP contribution in [0.25, 0.3) is 10.9 Å². The molecule has 0 N–H and O–H groups in total. The Bertz CT molecular complexity index is 844. The SMILES string of the molecule is CC(=O)N(Cc1ccco1)Cc1cc2ccc(C)cc2nc1Cl. The first-order chi connectivity index (χ1) is 11.0. The zero-order valence-electron chi connectivity index (χ0n) is 13.0. The van der Waals surface area contributed by atoms with Gasteiger partial charge in [0.15, 0.2) is 0 Å². The molecular weight excluding hydrogens is 312 g/mol. The highest BCUT2D eigenvalue weighted by Gasteiger charge is 2.15. The van der Waals surface area contributed by atoms with Crippen molar-refractivity contribution >= 4 is 28.4 Å². The molecule has 0 saturated heterocycles. The Balaban J connectivity index is 1.90. The molecule has 0 atom stereocenters. The highest BCUT2D eigenvalue weighted by Crippen LogP contribution is 2.23. The minimum Gasteiger partial charge on any atom is -0.467 e. The van der Waals surface area contributed by atoms with Gasteiger partial charge < -0.3 is 9.32 Å². The van der Waals surface area contributed by atoms with Crippen molar-refractivity contribution in [3.05, 3.63) is 64.7 Å². The van der Waals surface area contributed by atoms with Crippen LogP contribution in [0.3, 0.4) is 0 Å². The van der Waals surface area contributed by atoms with Crippen molar-refractivity contribution in [3.63, 3.8) is 0 Å². The molecule has 2 heterocycles. The van der Waals surface area contributed by atoms with Gasteiger partial charge in [0.1, 0.15) is 10.9 Å². The lowest BCUT2D eigenvalue weighted by atomic mass is 10.1. The molecule has 5 heteroatoms. The van der Waals surface area contributed by atoms with Gasteiger partial charge in [-0.2, -0.15) is 0 Å². The van der Waals surface area contributed by atoms with Crippen LogP contribution in [-0.4, -0.2) is 15.8 Å². The predicted octanol–water partition coefficient (Wildman–Crippen LogP) is 4.34. The quantitative estimate of drug-likeness (QED) is 0.669. The van der Waals surface area contributed by atoms with Crippen molar-refractivity contribution in [3.8, 4) is 0 Å². The largest absolute Gasteiger partial charge is 0.467 e. The van der Waals surface area contributed by atoms with E-state index in [1.165, 1.54) is 6.92 Å². The van der Waals surface area contributed by atoms with Gasteiger partial charge >= 0.3 is 0 Å². The monoisotopic (exact) mass is 328 g/mol. The Labute approximate surface area is 139 Å². The van der Waals surface area contributed by atoms with E-state index in [0.717, 1.165) is 27.8 Å². The van der Waals surface area contributed by atoms with Crippen LogP contribution in [0.5, 0.6) is 0 Å². The highest BCUT2D eigenvalue weighted by atomic mass is 35.5. The molecule has 0 radical (unpaired) electrons. The van der Waals surface area contributed by atoms with Gasteiger partial charge in [0.2, 0.25) is 5.91 Å². The number of rotatable bonds is 4. The number of carbonyl (C=O) groups is 1. The van der Waals surface area contributed by atoms with Crippen LogP contribution in [0.4, 0.5) is 0 Å². The van der Waals surface area contributed by atoms with Crippen molar-refractivity contribution in [2.24, 2.45) is 0 Å². The number of hydrogen-bond acceptors (Lipinski definition) is 3. The van der Waals surface area contributed by atoms with Gasteiger partial charge in [0.25, 0.3) is 0 Å². The Hall–Kier alpha value is -2.33. The first-order valence-electron chi connectivity index (χ1n) is 7.36. The summed E-state index contributed by atoms with van der Waals surface area (Å²) in [5.74, 6) is 0.696. The molecule has 0 fully saturated rings. The number of nitrogens with zero attached hydrogens (tertiary/aromatic N) is 2. The van der Waals surface area contributed by atoms with Gasteiger partial charge in [-0.3, -0.25) is 4.79 Å². The van der Waals surface area contributed by atoms with Crippen LogP contribution in [0.2, 0.25) is 5.15 Å². The Morgan fingerprint density at radius 1 is 1.26 bits per heavy atom.